The normalized spacial score (nSPS) is 25.0. The van der Waals surface area contributed by atoms with Gasteiger partial charge in [-0.25, -0.2) is 5.01 Å². The summed E-state index contributed by atoms with van der Waals surface area (Å²) >= 11 is 0. The zero-order chi connectivity index (χ0) is 5.98. The lowest BCUT2D eigenvalue weighted by Crippen LogP contribution is -2.48. The maximum absolute atomic E-state index is 3.14. The van der Waals surface area contributed by atoms with Crippen molar-refractivity contribution in [2.75, 3.05) is 13.6 Å². The van der Waals surface area contributed by atoms with Crippen molar-refractivity contribution in [3.8, 4) is 0 Å². The quantitative estimate of drug-likeness (QED) is 0.538. The second-order valence-corrected chi connectivity index (χ2v) is 2.11. The van der Waals surface area contributed by atoms with E-state index < -0.39 is 0 Å². The lowest BCUT2D eigenvalue weighted by molar-refractivity contribution is 0.195. The zero-order valence-corrected chi connectivity index (χ0v) is 5.44. The molecule has 0 aromatic rings. The first kappa shape index (κ1) is 5.63. The Hall–Kier alpha value is -0.500. The number of likely N-dealkylation sites (N-methyl/N-ethyl adjacent to an activating group) is 1. The molecule has 0 radical (unpaired) electrons. The number of allylic oxidation sites excluding steroid dienone is 1. The number of rotatable bonds is 1. The molecule has 1 fully saturated rings. The highest BCUT2D eigenvalue weighted by molar-refractivity contribution is 5.06. The van der Waals surface area contributed by atoms with Gasteiger partial charge in [0.15, 0.2) is 0 Å². The van der Waals surface area contributed by atoms with Crippen molar-refractivity contribution in [2.24, 2.45) is 0 Å². The Bertz CT molecular complexity index is 99.1. The molecule has 0 saturated carbocycles. The second-order valence-electron chi connectivity index (χ2n) is 2.11. The molecule has 2 nitrogen and oxygen atoms in total. The van der Waals surface area contributed by atoms with E-state index in [2.05, 4.69) is 23.4 Å². The first-order valence-electron chi connectivity index (χ1n) is 2.99. The highest BCUT2D eigenvalue weighted by atomic mass is 15.6. The maximum atomic E-state index is 3.14. The van der Waals surface area contributed by atoms with Crippen molar-refractivity contribution in [3.05, 3.63) is 11.8 Å². The highest BCUT2D eigenvalue weighted by Gasteiger charge is 2.11. The van der Waals surface area contributed by atoms with Crippen LogP contribution in [0.3, 0.4) is 0 Å². The van der Waals surface area contributed by atoms with Gasteiger partial charge in [-0.05, 0) is 6.42 Å². The van der Waals surface area contributed by atoms with E-state index in [1.165, 1.54) is 5.70 Å². The molecule has 0 amide bonds. The molecule has 2 heteroatoms. The molecule has 0 aromatic carbocycles. The lowest BCUT2D eigenvalue weighted by Gasteiger charge is -2.32. The number of hydrazine groups is 1. The molecule has 1 aliphatic rings. The summed E-state index contributed by atoms with van der Waals surface area (Å²) in [5.41, 5.74) is 4.49. The van der Waals surface area contributed by atoms with E-state index in [1.54, 1.807) is 0 Å². The molecule has 46 valence electrons. The smallest absolute Gasteiger partial charge is 0.0584 e. The second kappa shape index (κ2) is 2.18. The molecule has 1 rings (SSSR count). The molecular formula is C6H12N2. The molecule has 0 aliphatic carbocycles. The van der Waals surface area contributed by atoms with E-state index in [4.69, 9.17) is 0 Å². The fourth-order valence-electron chi connectivity index (χ4n) is 0.841. The molecule has 1 N–H and O–H groups in total. The molecule has 0 aromatic heterocycles. The summed E-state index contributed by atoms with van der Waals surface area (Å²) in [5.74, 6) is 0. The van der Waals surface area contributed by atoms with Crippen molar-refractivity contribution >= 4 is 0 Å². The molecule has 1 aliphatic heterocycles. The van der Waals surface area contributed by atoms with E-state index in [9.17, 15) is 0 Å². The van der Waals surface area contributed by atoms with Crippen molar-refractivity contribution in [1.82, 2.24) is 10.4 Å². The van der Waals surface area contributed by atoms with E-state index >= 15 is 0 Å². The lowest BCUT2D eigenvalue weighted by atomic mass is 10.3. The summed E-state index contributed by atoms with van der Waals surface area (Å²) in [6.45, 7) is 3.24. The molecule has 0 bridgehead atoms. The van der Waals surface area contributed by atoms with Crippen molar-refractivity contribution < 1.29 is 0 Å². The van der Waals surface area contributed by atoms with Gasteiger partial charge in [0.2, 0.25) is 0 Å². The summed E-state index contributed by atoms with van der Waals surface area (Å²) in [6.07, 6.45) is 3.34. The Labute approximate surface area is 50.1 Å². The third kappa shape index (κ3) is 1.01. The number of hydrogen-bond donors (Lipinski definition) is 1. The van der Waals surface area contributed by atoms with Gasteiger partial charge in [0, 0.05) is 12.7 Å². The molecular weight excluding hydrogens is 100 g/mol. The predicted octanol–water partition coefficient (Wildman–Crippen LogP) is 0.730. The summed E-state index contributed by atoms with van der Waals surface area (Å²) < 4.78 is 0. The van der Waals surface area contributed by atoms with Crippen LogP contribution in [-0.4, -0.2) is 18.6 Å². The van der Waals surface area contributed by atoms with Crippen LogP contribution in [0.1, 0.15) is 13.3 Å². The third-order valence-corrected chi connectivity index (χ3v) is 1.19. The van der Waals surface area contributed by atoms with Gasteiger partial charge >= 0.3 is 0 Å². The van der Waals surface area contributed by atoms with Gasteiger partial charge in [-0.15, -0.1) is 0 Å². The molecule has 1 saturated heterocycles. The Kier molecular flexibility index (Phi) is 1.53. The van der Waals surface area contributed by atoms with Gasteiger partial charge < -0.3 is 5.43 Å². The van der Waals surface area contributed by atoms with E-state index in [0.717, 1.165) is 13.0 Å². The van der Waals surface area contributed by atoms with Gasteiger partial charge in [-0.2, -0.15) is 0 Å². The molecule has 0 spiro atoms. The largest absolute Gasteiger partial charge is 0.322 e. The minimum atomic E-state index is 1.09. The summed E-state index contributed by atoms with van der Waals surface area (Å²) in [5, 5.41) is 2.06. The Morgan fingerprint density at radius 3 is 2.88 bits per heavy atom. The summed E-state index contributed by atoms with van der Waals surface area (Å²) in [6, 6.07) is 0. The fraction of sp³-hybridized carbons (Fsp3) is 0.667. The van der Waals surface area contributed by atoms with E-state index in [-0.39, 0.29) is 0 Å². The van der Waals surface area contributed by atoms with Crippen LogP contribution in [0.15, 0.2) is 11.8 Å². The Balaban J connectivity index is 2.23. The van der Waals surface area contributed by atoms with Crippen molar-refractivity contribution in [2.45, 2.75) is 13.3 Å². The highest BCUT2D eigenvalue weighted by Crippen LogP contribution is 2.03. The van der Waals surface area contributed by atoms with Gasteiger partial charge in [0.05, 0.1) is 6.54 Å². The predicted molar refractivity (Wildman–Crippen MR) is 34.1 cm³/mol. The van der Waals surface area contributed by atoms with Crippen LogP contribution >= 0.6 is 0 Å². The van der Waals surface area contributed by atoms with Gasteiger partial charge in [0.1, 0.15) is 0 Å². The van der Waals surface area contributed by atoms with Crippen LogP contribution in [0.2, 0.25) is 0 Å². The number of nitrogens with zero attached hydrogens (tertiary/aromatic N) is 1. The zero-order valence-electron chi connectivity index (χ0n) is 5.44. The van der Waals surface area contributed by atoms with E-state index in [1.807, 2.05) is 7.05 Å². The van der Waals surface area contributed by atoms with Crippen LogP contribution < -0.4 is 5.43 Å². The SMILES string of the molecule is CC/C=C1\CN(C)N1. The molecule has 0 unspecified atom stereocenters. The van der Waals surface area contributed by atoms with E-state index in [0.29, 0.717) is 0 Å². The van der Waals surface area contributed by atoms with Crippen LogP contribution in [0.25, 0.3) is 0 Å². The minimum Gasteiger partial charge on any atom is -0.322 e. The third-order valence-electron chi connectivity index (χ3n) is 1.19. The standard InChI is InChI=1S/C6H12N2/c1-3-4-6-5-8(2)7-6/h4,7H,3,5H2,1-2H3/b6-4+. The number of nitrogens with one attached hydrogen (secondary N) is 1. The molecule has 0 atom stereocenters. The average Bonchev–Trinajstić information content (AvgIpc) is 1.64. The van der Waals surface area contributed by atoms with Crippen LogP contribution in [0.4, 0.5) is 0 Å². The van der Waals surface area contributed by atoms with Crippen LogP contribution in [0, 0.1) is 0 Å². The van der Waals surface area contributed by atoms with Gasteiger partial charge in [0.25, 0.3) is 0 Å². The molecule has 1 heterocycles. The first-order chi connectivity index (χ1) is 3.83. The maximum Gasteiger partial charge on any atom is 0.0584 e. The van der Waals surface area contributed by atoms with Gasteiger partial charge in [-0.1, -0.05) is 13.0 Å². The van der Waals surface area contributed by atoms with Crippen molar-refractivity contribution in [1.29, 1.82) is 0 Å². The Morgan fingerprint density at radius 1 is 1.88 bits per heavy atom. The number of hydrogen-bond acceptors (Lipinski definition) is 2. The van der Waals surface area contributed by atoms with Crippen molar-refractivity contribution in [3.63, 3.8) is 0 Å². The molecule has 8 heavy (non-hydrogen) atoms. The van der Waals surface area contributed by atoms with Crippen LogP contribution in [0.5, 0.6) is 0 Å². The topological polar surface area (TPSA) is 15.3 Å². The van der Waals surface area contributed by atoms with Crippen LogP contribution in [-0.2, 0) is 0 Å². The fourth-order valence-corrected chi connectivity index (χ4v) is 0.841. The van der Waals surface area contributed by atoms with Gasteiger partial charge in [-0.3, -0.25) is 0 Å². The minimum absolute atomic E-state index is 1.09. The monoisotopic (exact) mass is 112 g/mol. The first-order valence-corrected chi connectivity index (χ1v) is 2.99. The average molecular weight is 112 g/mol. The Morgan fingerprint density at radius 2 is 2.50 bits per heavy atom. The summed E-state index contributed by atoms with van der Waals surface area (Å²) in [7, 11) is 2.03. The summed E-state index contributed by atoms with van der Waals surface area (Å²) in [4.78, 5) is 0.